The minimum atomic E-state index is 0.311. The molecule has 2 aromatic rings. The highest BCUT2D eigenvalue weighted by molar-refractivity contribution is 5.81. The third kappa shape index (κ3) is 4.73. The maximum absolute atomic E-state index is 4.09. The quantitative estimate of drug-likeness (QED) is 0.798. The summed E-state index contributed by atoms with van der Waals surface area (Å²) >= 11 is 0. The molecule has 1 unspecified atom stereocenters. The second kappa shape index (κ2) is 6.19. The van der Waals surface area contributed by atoms with Gasteiger partial charge in [-0.3, -0.25) is 0 Å². The molecule has 0 spiro atoms. The smallest absolute Gasteiger partial charge is 0.0467 e. The lowest BCUT2D eigenvalue weighted by atomic mass is 9.74. The Morgan fingerprint density at radius 2 is 1.70 bits per heavy atom. The van der Waals surface area contributed by atoms with E-state index in [4.69, 9.17) is 0 Å². The molecule has 0 bridgehead atoms. The molecule has 23 heavy (non-hydrogen) atoms. The molecule has 0 saturated heterocycles. The molecule has 1 heteroatoms. The van der Waals surface area contributed by atoms with Gasteiger partial charge in [0.05, 0.1) is 0 Å². The van der Waals surface area contributed by atoms with Crippen molar-refractivity contribution >= 4 is 24.1 Å². The Hall–Kier alpha value is -1.50. The van der Waals surface area contributed by atoms with E-state index >= 15 is 0 Å². The predicted octanol–water partition coefficient (Wildman–Crippen LogP) is 5.02. The third-order valence-corrected chi connectivity index (χ3v) is 4.60. The van der Waals surface area contributed by atoms with Gasteiger partial charge in [0.25, 0.3) is 0 Å². The topological polar surface area (TPSA) is 15.8 Å². The predicted molar refractivity (Wildman–Crippen MR) is 104 cm³/mol. The van der Waals surface area contributed by atoms with E-state index in [1.165, 1.54) is 23.8 Å². The summed E-state index contributed by atoms with van der Waals surface area (Å²) in [4.78, 5) is 3.35. The van der Waals surface area contributed by atoms with Crippen molar-refractivity contribution in [3.8, 4) is 0 Å². The summed E-state index contributed by atoms with van der Waals surface area (Å²) < 4.78 is 0. The standard InChI is InChI=1S/C22H33N/c1-15(12-21(4,5)6)13-22(7,8)14-18-9-10-19-16(2)17(3)23-20(19)11-18/h9-11,15,23H,2-3,12-14H2,1,4-8H3. The summed E-state index contributed by atoms with van der Waals surface area (Å²) in [6.45, 7) is 22.3. The van der Waals surface area contributed by atoms with Gasteiger partial charge in [-0.05, 0) is 52.9 Å². The van der Waals surface area contributed by atoms with Crippen molar-refractivity contribution in [2.24, 2.45) is 16.7 Å². The fraction of sp³-hybridized carbons (Fsp3) is 0.545. The first-order chi connectivity index (χ1) is 10.5. The van der Waals surface area contributed by atoms with Crippen molar-refractivity contribution in [2.75, 3.05) is 0 Å². The van der Waals surface area contributed by atoms with Crippen molar-refractivity contribution in [1.29, 1.82) is 0 Å². The van der Waals surface area contributed by atoms with Gasteiger partial charge in [-0.15, -0.1) is 0 Å². The van der Waals surface area contributed by atoms with Crippen LogP contribution in [0.25, 0.3) is 24.1 Å². The van der Waals surface area contributed by atoms with Crippen molar-refractivity contribution in [3.05, 3.63) is 34.3 Å². The summed E-state index contributed by atoms with van der Waals surface area (Å²) in [7, 11) is 0. The lowest BCUT2D eigenvalue weighted by Crippen LogP contribution is -2.21. The lowest BCUT2D eigenvalue weighted by Gasteiger charge is -2.31. The Labute approximate surface area is 141 Å². The summed E-state index contributed by atoms with van der Waals surface area (Å²) in [5.41, 5.74) is 3.28. The number of nitrogens with one attached hydrogen (secondary N) is 1. The van der Waals surface area contributed by atoms with Gasteiger partial charge in [-0.25, -0.2) is 0 Å². The Bertz CT molecular complexity index is 771. The third-order valence-electron chi connectivity index (χ3n) is 4.60. The fourth-order valence-corrected chi connectivity index (χ4v) is 4.15. The molecule has 1 nitrogen and oxygen atoms in total. The molecule has 1 aromatic heterocycles. The van der Waals surface area contributed by atoms with Crippen LogP contribution in [0.4, 0.5) is 0 Å². The van der Waals surface area contributed by atoms with Gasteiger partial charge in [-0.1, -0.05) is 66.8 Å². The SMILES string of the molecule is C=c1[nH]c2cc(CC(C)(C)CC(C)CC(C)(C)C)ccc2c1=C. The second-order valence-corrected chi connectivity index (χ2v) is 9.38. The van der Waals surface area contributed by atoms with Gasteiger partial charge >= 0.3 is 0 Å². The molecule has 0 saturated carbocycles. The first kappa shape index (κ1) is 17.8. The molecule has 1 heterocycles. The molecule has 0 aliphatic rings. The van der Waals surface area contributed by atoms with Crippen molar-refractivity contribution < 1.29 is 0 Å². The molecule has 1 aromatic carbocycles. The van der Waals surface area contributed by atoms with Crippen molar-refractivity contribution in [1.82, 2.24) is 4.98 Å². The van der Waals surface area contributed by atoms with Gasteiger partial charge < -0.3 is 4.98 Å². The van der Waals surface area contributed by atoms with E-state index < -0.39 is 0 Å². The maximum atomic E-state index is 4.09. The van der Waals surface area contributed by atoms with Crippen LogP contribution in [-0.4, -0.2) is 4.98 Å². The van der Waals surface area contributed by atoms with Gasteiger partial charge in [0.15, 0.2) is 0 Å². The normalized spacial score (nSPS) is 14.3. The van der Waals surface area contributed by atoms with Crippen LogP contribution in [0.2, 0.25) is 0 Å². The molecule has 0 aliphatic carbocycles. The van der Waals surface area contributed by atoms with Crippen LogP contribution in [0.15, 0.2) is 18.2 Å². The zero-order valence-corrected chi connectivity index (χ0v) is 15.8. The number of rotatable bonds is 5. The first-order valence-corrected chi connectivity index (χ1v) is 8.75. The molecule has 1 N–H and O–H groups in total. The Kier molecular flexibility index (Phi) is 4.80. The lowest BCUT2D eigenvalue weighted by molar-refractivity contribution is 0.218. The molecular formula is C22H33N. The zero-order chi connectivity index (χ0) is 17.4. The van der Waals surface area contributed by atoms with Crippen LogP contribution < -0.4 is 10.6 Å². The number of benzene rings is 1. The van der Waals surface area contributed by atoms with E-state index in [2.05, 4.69) is 77.9 Å². The van der Waals surface area contributed by atoms with Gasteiger partial charge in [-0.2, -0.15) is 0 Å². The number of H-pyrrole nitrogens is 1. The minimum Gasteiger partial charge on any atom is -0.355 e. The van der Waals surface area contributed by atoms with E-state index in [9.17, 15) is 0 Å². The molecule has 126 valence electrons. The minimum absolute atomic E-state index is 0.311. The highest BCUT2D eigenvalue weighted by atomic mass is 14.7. The van der Waals surface area contributed by atoms with Gasteiger partial charge in [0.2, 0.25) is 0 Å². The number of aromatic amines is 1. The monoisotopic (exact) mass is 311 g/mol. The van der Waals surface area contributed by atoms with E-state index in [1.54, 1.807) is 0 Å². The van der Waals surface area contributed by atoms with Crippen molar-refractivity contribution in [3.63, 3.8) is 0 Å². The van der Waals surface area contributed by atoms with Crippen LogP contribution in [-0.2, 0) is 6.42 Å². The molecule has 1 atom stereocenters. The van der Waals surface area contributed by atoms with Crippen LogP contribution in [0.5, 0.6) is 0 Å². The van der Waals surface area contributed by atoms with Crippen molar-refractivity contribution in [2.45, 2.75) is 60.8 Å². The zero-order valence-electron chi connectivity index (χ0n) is 15.8. The van der Waals surface area contributed by atoms with E-state index in [0.717, 1.165) is 28.4 Å². The van der Waals surface area contributed by atoms with Gasteiger partial charge in [0.1, 0.15) is 0 Å². The van der Waals surface area contributed by atoms with Crippen LogP contribution in [0, 0.1) is 16.7 Å². The second-order valence-electron chi connectivity index (χ2n) is 9.38. The van der Waals surface area contributed by atoms with Crippen LogP contribution in [0.3, 0.4) is 0 Å². The summed E-state index contributed by atoms with van der Waals surface area (Å²) in [6.07, 6.45) is 3.64. The Balaban J connectivity index is 2.13. The average Bonchev–Trinajstić information content (AvgIpc) is 2.60. The molecule has 0 aliphatic heterocycles. The largest absolute Gasteiger partial charge is 0.355 e. The number of fused-ring (bicyclic) bond motifs is 1. The maximum Gasteiger partial charge on any atom is 0.0467 e. The summed E-state index contributed by atoms with van der Waals surface area (Å²) in [5, 5.41) is 3.14. The summed E-state index contributed by atoms with van der Waals surface area (Å²) in [5.74, 6) is 0.747. The summed E-state index contributed by atoms with van der Waals surface area (Å²) in [6, 6.07) is 6.71. The molecular weight excluding hydrogens is 278 g/mol. The Morgan fingerprint density at radius 3 is 2.30 bits per heavy atom. The highest BCUT2D eigenvalue weighted by Crippen LogP contribution is 2.35. The van der Waals surface area contributed by atoms with E-state index in [-0.39, 0.29) is 0 Å². The van der Waals surface area contributed by atoms with E-state index in [0.29, 0.717) is 10.8 Å². The number of hydrogen-bond acceptors (Lipinski definition) is 0. The molecule has 2 rings (SSSR count). The van der Waals surface area contributed by atoms with E-state index in [1.807, 2.05) is 0 Å². The molecule has 0 radical (unpaired) electrons. The van der Waals surface area contributed by atoms with Crippen LogP contribution >= 0.6 is 0 Å². The number of aromatic nitrogens is 1. The van der Waals surface area contributed by atoms with Gasteiger partial charge in [0, 0.05) is 16.3 Å². The first-order valence-electron chi connectivity index (χ1n) is 8.75. The molecule has 0 amide bonds. The van der Waals surface area contributed by atoms with Crippen LogP contribution in [0.1, 0.15) is 59.9 Å². The number of hydrogen-bond donors (Lipinski definition) is 1. The highest BCUT2D eigenvalue weighted by Gasteiger charge is 2.24. The average molecular weight is 312 g/mol. The Morgan fingerprint density at radius 1 is 1.04 bits per heavy atom. The molecule has 0 fully saturated rings. The fourth-order valence-electron chi connectivity index (χ4n) is 4.15.